The summed E-state index contributed by atoms with van der Waals surface area (Å²) in [5.41, 5.74) is -0.241. The van der Waals surface area contributed by atoms with Gasteiger partial charge in [-0.05, 0) is 48.5 Å². The second-order valence-corrected chi connectivity index (χ2v) is 14.2. The van der Waals surface area contributed by atoms with Gasteiger partial charge in [-0.3, -0.25) is 14.1 Å². The van der Waals surface area contributed by atoms with Crippen LogP contribution in [0.2, 0.25) is 0 Å². The number of anilines is 4. The first-order valence-electron chi connectivity index (χ1n) is 10.8. The van der Waals surface area contributed by atoms with Gasteiger partial charge < -0.3 is 10.6 Å². The third-order valence-electron chi connectivity index (χ3n) is 4.76. The lowest BCUT2D eigenvalue weighted by Crippen LogP contribution is -2.17. The van der Waals surface area contributed by atoms with E-state index in [-0.39, 0.29) is 27.4 Å². The number of nitrogens with one attached hydrogen (secondary N) is 3. The molecule has 0 saturated heterocycles. The van der Waals surface area contributed by atoms with Gasteiger partial charge in [-0.1, -0.05) is 0 Å². The van der Waals surface area contributed by atoms with E-state index in [1.807, 2.05) is 0 Å². The maximum Gasteiger partial charge on any atom is 0.397 e. The number of rotatable bonds is 14. The highest BCUT2D eigenvalue weighted by molar-refractivity contribution is 7.91. The number of hydrogen-bond donors (Lipinski definition) is 5. The van der Waals surface area contributed by atoms with Crippen molar-refractivity contribution >= 4 is 63.7 Å². The molecule has 0 fully saturated rings. The topological polar surface area (TPSA) is 278 Å². The van der Waals surface area contributed by atoms with Crippen molar-refractivity contribution in [1.82, 2.24) is 15.0 Å². The predicted molar refractivity (Wildman–Crippen MR) is 141 cm³/mol. The molecule has 0 atom stereocenters. The lowest BCUT2D eigenvalue weighted by atomic mass is 10.3. The first-order chi connectivity index (χ1) is 18.9. The normalized spacial score (nSPS) is 12.6. The van der Waals surface area contributed by atoms with E-state index in [0.29, 0.717) is 5.69 Å². The molecule has 41 heavy (non-hydrogen) atoms. The molecule has 5 N–H and O–H groups in total. The van der Waals surface area contributed by atoms with Gasteiger partial charge in [0.1, 0.15) is 0 Å². The molecule has 22 heteroatoms. The SMILES string of the molecule is O=c1nc(Nc2ccc(S(=O)(=O)CCOS(=O)(=O)O)cc2)nc(Nc2ccc(S(=O)(=O)CCOS(=O)(=O)O)cc2)[nH]1. The Morgan fingerprint density at radius 2 is 1.07 bits per heavy atom. The zero-order valence-electron chi connectivity index (χ0n) is 20.4. The lowest BCUT2D eigenvalue weighted by molar-refractivity contribution is 0.282. The Hall–Kier alpha value is -3.51. The maximum atomic E-state index is 12.3. The van der Waals surface area contributed by atoms with E-state index in [1.165, 1.54) is 48.5 Å². The lowest BCUT2D eigenvalue weighted by Gasteiger charge is -2.10. The predicted octanol–water partition coefficient (Wildman–Crippen LogP) is -0.162. The monoisotopic (exact) mass is 655 g/mol. The first-order valence-corrected chi connectivity index (χ1v) is 16.9. The summed E-state index contributed by atoms with van der Waals surface area (Å²) in [6.07, 6.45) is 0. The van der Waals surface area contributed by atoms with Crippen LogP contribution in [-0.4, -0.2) is 82.4 Å². The van der Waals surface area contributed by atoms with Crippen molar-refractivity contribution in [2.24, 2.45) is 0 Å². The molecule has 18 nitrogen and oxygen atoms in total. The zero-order valence-corrected chi connectivity index (χ0v) is 23.6. The van der Waals surface area contributed by atoms with E-state index < -0.39 is 70.9 Å². The highest BCUT2D eigenvalue weighted by atomic mass is 32.3. The fraction of sp³-hybridized carbons (Fsp3) is 0.211. The Balaban J connectivity index is 1.66. The molecular formula is C19H21N5O13S4. The van der Waals surface area contributed by atoms with Crippen molar-refractivity contribution in [1.29, 1.82) is 0 Å². The Labute approximate surface area is 233 Å². The van der Waals surface area contributed by atoms with Crippen LogP contribution in [0.1, 0.15) is 0 Å². The minimum Gasteiger partial charge on any atom is -0.326 e. The first kappa shape index (κ1) is 32.0. The Bertz CT molecular complexity index is 1740. The molecule has 1 aromatic heterocycles. The molecule has 1 heterocycles. The van der Waals surface area contributed by atoms with E-state index in [9.17, 15) is 38.5 Å². The van der Waals surface area contributed by atoms with Crippen molar-refractivity contribution in [2.45, 2.75) is 9.79 Å². The van der Waals surface area contributed by atoms with Gasteiger partial charge in [-0.25, -0.2) is 30.0 Å². The van der Waals surface area contributed by atoms with Crippen LogP contribution in [0, 0.1) is 0 Å². The second kappa shape index (κ2) is 12.6. The van der Waals surface area contributed by atoms with Crippen LogP contribution in [-0.2, 0) is 48.8 Å². The van der Waals surface area contributed by atoms with Gasteiger partial charge in [0.15, 0.2) is 19.7 Å². The van der Waals surface area contributed by atoms with Crippen LogP contribution in [0.15, 0.2) is 63.1 Å². The third kappa shape index (κ3) is 10.4. The van der Waals surface area contributed by atoms with Crippen molar-refractivity contribution in [3.8, 4) is 0 Å². The number of benzene rings is 2. The summed E-state index contributed by atoms with van der Waals surface area (Å²) >= 11 is 0. The van der Waals surface area contributed by atoms with Crippen LogP contribution in [0.4, 0.5) is 23.3 Å². The van der Waals surface area contributed by atoms with E-state index in [1.54, 1.807) is 0 Å². The number of sulfone groups is 2. The standard InChI is InChI=1S/C19H21N5O13S4/c25-19-23-17(20-13-1-5-15(6-2-13)38(26,27)11-9-36-40(30,31)32)22-18(24-19)21-14-3-7-16(8-4-14)39(28,29)12-10-37-41(33,34)35/h1-8H,9-12H2,(H,30,31,32)(H,33,34,35)(H3,20,21,22,23,24,25). The van der Waals surface area contributed by atoms with Crippen LogP contribution >= 0.6 is 0 Å². The fourth-order valence-corrected chi connectivity index (χ4v) is 5.97. The van der Waals surface area contributed by atoms with Crippen molar-refractivity contribution < 1.29 is 51.1 Å². The van der Waals surface area contributed by atoms with Gasteiger partial charge >= 0.3 is 26.5 Å². The van der Waals surface area contributed by atoms with Crippen LogP contribution in [0.25, 0.3) is 0 Å². The molecule has 0 spiro atoms. The molecule has 0 aliphatic carbocycles. The Kier molecular flexibility index (Phi) is 9.81. The second-order valence-electron chi connectivity index (χ2n) is 7.76. The minimum atomic E-state index is -4.79. The molecule has 3 aromatic rings. The Morgan fingerprint density at radius 1 is 0.659 bits per heavy atom. The molecule has 0 aliphatic heterocycles. The van der Waals surface area contributed by atoms with Gasteiger partial charge in [0.2, 0.25) is 11.9 Å². The molecular weight excluding hydrogens is 634 g/mol. The molecule has 3 rings (SSSR count). The smallest absolute Gasteiger partial charge is 0.326 e. The van der Waals surface area contributed by atoms with Gasteiger partial charge in [0, 0.05) is 11.4 Å². The van der Waals surface area contributed by atoms with Gasteiger partial charge in [-0.2, -0.15) is 26.8 Å². The highest BCUT2D eigenvalue weighted by Gasteiger charge is 2.18. The number of hydrogen-bond acceptors (Lipinski definition) is 15. The van der Waals surface area contributed by atoms with E-state index in [4.69, 9.17) is 9.11 Å². The molecule has 0 saturated carbocycles. The van der Waals surface area contributed by atoms with E-state index in [0.717, 1.165) is 0 Å². The molecule has 0 aliphatic rings. The van der Waals surface area contributed by atoms with Crippen LogP contribution in [0.3, 0.4) is 0 Å². The van der Waals surface area contributed by atoms with Crippen molar-refractivity contribution in [2.75, 3.05) is 35.4 Å². The summed E-state index contributed by atoms with van der Waals surface area (Å²) in [6.45, 7) is -1.58. The zero-order chi connectivity index (χ0) is 30.5. The average Bonchev–Trinajstić information content (AvgIpc) is 2.82. The summed E-state index contributed by atoms with van der Waals surface area (Å²) in [5, 5.41) is 5.45. The number of aromatic amines is 1. The van der Waals surface area contributed by atoms with Crippen LogP contribution < -0.4 is 16.3 Å². The molecule has 2 aromatic carbocycles. The summed E-state index contributed by atoms with van der Waals surface area (Å²) in [5.74, 6) is -1.72. The minimum absolute atomic E-state index is 0.0947. The third-order valence-corrected chi connectivity index (χ3v) is 9.08. The molecule has 0 bridgehead atoms. The number of H-pyrrole nitrogens is 1. The largest absolute Gasteiger partial charge is 0.397 e. The quantitative estimate of drug-likeness (QED) is 0.141. The molecule has 0 radical (unpaired) electrons. The Morgan fingerprint density at radius 3 is 1.49 bits per heavy atom. The fourth-order valence-electron chi connectivity index (χ4n) is 2.99. The summed E-state index contributed by atoms with van der Waals surface area (Å²) < 4.78 is 117. The van der Waals surface area contributed by atoms with Crippen molar-refractivity contribution in [3.63, 3.8) is 0 Å². The molecule has 0 amide bonds. The number of nitrogens with zero attached hydrogens (tertiary/aromatic N) is 2. The van der Waals surface area contributed by atoms with Gasteiger partial charge in [0.05, 0.1) is 34.5 Å². The molecule has 224 valence electrons. The summed E-state index contributed by atoms with van der Waals surface area (Å²) in [4.78, 5) is 21.7. The van der Waals surface area contributed by atoms with Gasteiger partial charge in [-0.15, -0.1) is 0 Å². The average molecular weight is 656 g/mol. The van der Waals surface area contributed by atoms with Gasteiger partial charge in [0.25, 0.3) is 0 Å². The summed E-state index contributed by atoms with van der Waals surface area (Å²) in [6, 6.07) is 10.1. The summed E-state index contributed by atoms with van der Waals surface area (Å²) in [7, 11) is -17.5. The number of aromatic nitrogens is 3. The molecule has 0 unspecified atom stereocenters. The van der Waals surface area contributed by atoms with E-state index in [2.05, 4.69) is 34.0 Å². The van der Waals surface area contributed by atoms with Crippen molar-refractivity contribution in [3.05, 3.63) is 59.0 Å². The van der Waals surface area contributed by atoms with Crippen LogP contribution in [0.5, 0.6) is 0 Å². The maximum absolute atomic E-state index is 12.3. The van der Waals surface area contributed by atoms with E-state index >= 15 is 0 Å². The highest BCUT2D eigenvalue weighted by Crippen LogP contribution is 2.20.